The quantitative estimate of drug-likeness (QED) is 0.799. The lowest BCUT2D eigenvalue weighted by Gasteiger charge is -2.16. The largest absolute Gasteiger partial charge is 0.383 e. The average Bonchev–Trinajstić information content (AvgIpc) is 2.26. The summed E-state index contributed by atoms with van der Waals surface area (Å²) in [5, 5.41) is 5.24. The van der Waals surface area contributed by atoms with Crippen LogP contribution < -0.4 is 5.14 Å². The van der Waals surface area contributed by atoms with Crippen LogP contribution in [0.1, 0.15) is 5.56 Å². The molecule has 0 saturated heterocycles. The average molecular weight is 257 g/mol. The predicted molar refractivity (Wildman–Crippen MR) is 68.0 cm³/mol. The maximum Gasteiger partial charge on any atom is 0.132 e. The summed E-state index contributed by atoms with van der Waals surface area (Å²) >= 11 is 0. The summed E-state index contributed by atoms with van der Waals surface area (Å²) in [5.41, 5.74) is 1.09. The van der Waals surface area contributed by atoms with Crippen LogP contribution in [0.5, 0.6) is 0 Å². The van der Waals surface area contributed by atoms with Crippen LogP contribution in [0.4, 0.5) is 0 Å². The lowest BCUT2D eigenvalue weighted by molar-refractivity contribution is 0.158. The molecule has 0 heterocycles. The number of nitrogens with two attached hydrogens (primary N) is 1. The Morgan fingerprint density at radius 1 is 1.41 bits per heavy atom. The third-order valence-corrected chi connectivity index (χ3v) is 3.38. The highest BCUT2D eigenvalue weighted by Gasteiger charge is 2.04. The number of hydrogen-bond acceptors (Lipinski definition) is 4. The van der Waals surface area contributed by atoms with Gasteiger partial charge in [-0.2, -0.15) is 0 Å². The second kappa shape index (κ2) is 6.11. The van der Waals surface area contributed by atoms with Crippen LogP contribution in [-0.4, -0.2) is 36.4 Å². The van der Waals surface area contributed by atoms with Gasteiger partial charge in [-0.1, -0.05) is 12.1 Å². The lowest BCUT2D eigenvalue weighted by Crippen LogP contribution is -2.22. The molecular weight excluding hydrogens is 238 g/mol. The van der Waals surface area contributed by atoms with Crippen molar-refractivity contribution in [2.45, 2.75) is 11.4 Å². The maximum atomic E-state index is 11.3. The maximum absolute atomic E-state index is 11.3. The molecule has 1 aromatic carbocycles. The summed E-state index contributed by atoms with van der Waals surface area (Å²) in [6.07, 6.45) is 0. The minimum Gasteiger partial charge on any atom is -0.383 e. The van der Waals surface area contributed by atoms with E-state index in [0.717, 1.165) is 18.7 Å². The number of nitrogens with zero attached hydrogens (tertiary/aromatic N) is 1. The normalized spacial score (nSPS) is 14.8. The van der Waals surface area contributed by atoms with Gasteiger partial charge in [-0.3, -0.25) is 4.90 Å². The molecule has 1 aromatic rings. The number of hydrogen-bond donors (Lipinski definition) is 2. The van der Waals surface area contributed by atoms with Gasteiger partial charge in [0.25, 0.3) is 0 Å². The molecule has 0 saturated carbocycles. The molecular formula is C11H19N3O2S. The van der Waals surface area contributed by atoms with Crippen LogP contribution >= 0.6 is 0 Å². The van der Waals surface area contributed by atoms with E-state index in [0.29, 0.717) is 11.5 Å². The second-order valence-electron chi connectivity index (χ2n) is 3.98. The molecule has 1 atom stereocenters. The Hall–Kier alpha value is -0.950. The van der Waals surface area contributed by atoms with Gasteiger partial charge < -0.3 is 4.74 Å². The minimum atomic E-state index is -3.10. The number of nitrogens with one attached hydrogen (secondary N) is 1. The summed E-state index contributed by atoms with van der Waals surface area (Å²) in [4.78, 5) is 2.49. The molecule has 0 fully saturated rings. The number of benzene rings is 1. The molecule has 0 spiro atoms. The van der Waals surface area contributed by atoms with Gasteiger partial charge in [0.15, 0.2) is 0 Å². The van der Waals surface area contributed by atoms with Gasteiger partial charge in [0.1, 0.15) is 9.92 Å². The molecule has 96 valence electrons. The molecule has 1 rings (SSSR count). The Morgan fingerprint density at radius 2 is 2.00 bits per heavy atom. The van der Waals surface area contributed by atoms with Crippen molar-refractivity contribution in [2.75, 3.05) is 27.3 Å². The van der Waals surface area contributed by atoms with Crippen LogP contribution in [0, 0.1) is 4.78 Å². The van der Waals surface area contributed by atoms with E-state index in [1.807, 2.05) is 19.2 Å². The summed E-state index contributed by atoms with van der Waals surface area (Å²) < 4.78 is 23.5. The van der Waals surface area contributed by atoms with Gasteiger partial charge in [0.2, 0.25) is 0 Å². The molecule has 5 nitrogen and oxygen atoms in total. The highest BCUT2D eigenvalue weighted by molar-refractivity contribution is 7.90. The van der Waals surface area contributed by atoms with Crippen LogP contribution in [0.15, 0.2) is 29.2 Å². The van der Waals surface area contributed by atoms with Crippen LogP contribution in [0.2, 0.25) is 0 Å². The van der Waals surface area contributed by atoms with Crippen molar-refractivity contribution >= 4 is 9.92 Å². The van der Waals surface area contributed by atoms with Gasteiger partial charge in [-0.25, -0.2) is 14.1 Å². The fourth-order valence-electron chi connectivity index (χ4n) is 1.43. The third-order valence-electron chi connectivity index (χ3n) is 2.40. The standard InChI is InChI=1S/C11H19N3O2S/c1-14(7-8-16-2)9-10-3-5-11(6-4-10)17(12,13)15/h3-6H,7-9H2,1-2H3,(H3,12,13,15). The molecule has 6 heteroatoms. The summed E-state index contributed by atoms with van der Waals surface area (Å²) in [6, 6.07) is 6.99. The molecule has 0 amide bonds. The number of likely N-dealkylation sites (N-methyl/N-ethyl adjacent to an activating group) is 1. The van der Waals surface area contributed by atoms with E-state index in [9.17, 15) is 4.21 Å². The zero-order valence-electron chi connectivity index (χ0n) is 10.2. The predicted octanol–water partition coefficient (Wildman–Crippen LogP) is 1.04. The molecule has 17 heavy (non-hydrogen) atoms. The van der Waals surface area contributed by atoms with Crippen molar-refractivity contribution in [3.63, 3.8) is 0 Å². The minimum absolute atomic E-state index is 0.362. The first kappa shape index (κ1) is 14.1. The second-order valence-corrected chi connectivity index (χ2v) is 5.65. The van der Waals surface area contributed by atoms with E-state index < -0.39 is 9.92 Å². The molecule has 0 aliphatic carbocycles. The molecule has 0 aromatic heterocycles. The molecule has 0 aliphatic heterocycles. The fourth-order valence-corrected chi connectivity index (χ4v) is 1.98. The SMILES string of the molecule is COCCN(C)Cc1ccc(S(=N)(N)=O)cc1. The fraction of sp³-hybridized carbons (Fsp3) is 0.455. The van der Waals surface area contributed by atoms with Crippen molar-refractivity contribution in [1.82, 2.24) is 4.90 Å². The molecule has 0 radical (unpaired) electrons. The van der Waals surface area contributed by atoms with Gasteiger partial charge >= 0.3 is 0 Å². The van der Waals surface area contributed by atoms with Gasteiger partial charge in [0, 0.05) is 20.2 Å². The first-order chi connectivity index (χ1) is 7.93. The number of ether oxygens (including phenoxy) is 1. The van der Waals surface area contributed by atoms with Crippen molar-refractivity contribution in [3.05, 3.63) is 29.8 Å². The van der Waals surface area contributed by atoms with Crippen LogP contribution in [-0.2, 0) is 21.2 Å². The molecule has 1 unspecified atom stereocenters. The monoisotopic (exact) mass is 257 g/mol. The first-order valence-electron chi connectivity index (χ1n) is 5.26. The van der Waals surface area contributed by atoms with Crippen molar-refractivity contribution in [1.29, 1.82) is 4.78 Å². The Bertz CT molecular complexity index is 442. The zero-order valence-corrected chi connectivity index (χ0v) is 11.0. The third kappa shape index (κ3) is 4.82. The van der Waals surface area contributed by atoms with Gasteiger partial charge in [-0.15, -0.1) is 0 Å². The summed E-state index contributed by atoms with van der Waals surface area (Å²) in [6.45, 7) is 2.33. The van der Waals surface area contributed by atoms with Crippen molar-refractivity contribution < 1.29 is 8.95 Å². The Labute approximate surface area is 103 Å². The van der Waals surface area contributed by atoms with Crippen molar-refractivity contribution in [2.24, 2.45) is 5.14 Å². The van der Waals surface area contributed by atoms with E-state index in [2.05, 4.69) is 4.90 Å². The van der Waals surface area contributed by atoms with E-state index >= 15 is 0 Å². The number of rotatable bonds is 6. The smallest absolute Gasteiger partial charge is 0.132 e. The highest BCUT2D eigenvalue weighted by atomic mass is 32.2. The van der Waals surface area contributed by atoms with E-state index in [4.69, 9.17) is 14.7 Å². The molecule has 3 N–H and O–H groups in total. The first-order valence-corrected chi connectivity index (χ1v) is 6.88. The van der Waals surface area contributed by atoms with Crippen LogP contribution in [0.25, 0.3) is 0 Å². The van der Waals surface area contributed by atoms with E-state index in [-0.39, 0.29) is 0 Å². The van der Waals surface area contributed by atoms with Crippen LogP contribution in [0.3, 0.4) is 0 Å². The molecule has 0 bridgehead atoms. The van der Waals surface area contributed by atoms with E-state index in [1.165, 1.54) is 0 Å². The van der Waals surface area contributed by atoms with Crippen molar-refractivity contribution in [3.8, 4) is 0 Å². The topological polar surface area (TPSA) is 79.4 Å². The lowest BCUT2D eigenvalue weighted by atomic mass is 10.2. The molecule has 0 aliphatic rings. The van der Waals surface area contributed by atoms with E-state index in [1.54, 1.807) is 19.2 Å². The summed E-state index contributed by atoms with van der Waals surface area (Å²) in [7, 11) is 0.583. The Balaban J connectivity index is 2.63. The summed E-state index contributed by atoms with van der Waals surface area (Å²) in [5.74, 6) is 0. The Kier molecular flexibility index (Phi) is 5.07. The highest BCUT2D eigenvalue weighted by Crippen LogP contribution is 2.10. The Morgan fingerprint density at radius 3 is 2.47 bits per heavy atom. The number of methoxy groups -OCH3 is 1. The van der Waals surface area contributed by atoms with Gasteiger partial charge in [0.05, 0.1) is 11.5 Å². The van der Waals surface area contributed by atoms with Gasteiger partial charge in [-0.05, 0) is 24.7 Å². The zero-order chi connectivity index (χ0) is 12.9.